The summed E-state index contributed by atoms with van der Waals surface area (Å²) in [5.41, 5.74) is 9.24. The Kier molecular flexibility index (Phi) is 3.15. The van der Waals surface area contributed by atoms with Gasteiger partial charge in [0.05, 0.1) is 0 Å². The minimum Gasteiger partial charge on any atom is -0.399 e. The minimum atomic E-state index is 0.670. The van der Waals surface area contributed by atoms with Crippen LogP contribution in [0, 0.1) is 0 Å². The smallest absolute Gasteiger partial charge is 0.0481 e. The molecule has 1 aromatic heterocycles. The Labute approximate surface area is 101 Å². The van der Waals surface area contributed by atoms with Crippen molar-refractivity contribution in [1.29, 1.82) is 0 Å². The molecule has 2 aromatic rings. The Balaban J connectivity index is 2.36. The van der Waals surface area contributed by atoms with Gasteiger partial charge in [-0.1, -0.05) is 13.8 Å². The standard InChI is InChI=1S/C13H18N2S/c1-9(2)16-8-12-7-10-6-11(14)4-5-13(10)15(12)3/h4-7,9H,8,14H2,1-3H3. The quantitative estimate of drug-likeness (QED) is 0.825. The molecule has 2 rings (SSSR count). The van der Waals surface area contributed by atoms with Crippen LogP contribution in [0.4, 0.5) is 5.69 Å². The van der Waals surface area contributed by atoms with Crippen molar-refractivity contribution >= 4 is 28.4 Å². The van der Waals surface area contributed by atoms with Crippen LogP contribution in [0.5, 0.6) is 0 Å². The van der Waals surface area contributed by atoms with Gasteiger partial charge < -0.3 is 10.3 Å². The van der Waals surface area contributed by atoms with E-state index in [1.807, 2.05) is 23.9 Å². The molecule has 0 radical (unpaired) electrons. The van der Waals surface area contributed by atoms with E-state index in [9.17, 15) is 0 Å². The van der Waals surface area contributed by atoms with E-state index < -0.39 is 0 Å². The second-order valence-electron chi connectivity index (χ2n) is 4.37. The van der Waals surface area contributed by atoms with Gasteiger partial charge in [-0.25, -0.2) is 0 Å². The molecule has 0 unspecified atom stereocenters. The van der Waals surface area contributed by atoms with E-state index in [-0.39, 0.29) is 0 Å². The first-order valence-electron chi connectivity index (χ1n) is 5.53. The maximum atomic E-state index is 5.79. The van der Waals surface area contributed by atoms with Gasteiger partial charge in [-0.05, 0) is 29.5 Å². The number of nitrogen functional groups attached to an aromatic ring is 1. The number of hydrogen-bond donors (Lipinski definition) is 1. The van der Waals surface area contributed by atoms with E-state index in [1.54, 1.807) is 0 Å². The number of thioether (sulfide) groups is 1. The van der Waals surface area contributed by atoms with Gasteiger partial charge in [-0.2, -0.15) is 11.8 Å². The fourth-order valence-electron chi connectivity index (χ4n) is 1.82. The first-order chi connectivity index (χ1) is 7.58. The average molecular weight is 234 g/mol. The lowest BCUT2D eigenvalue weighted by molar-refractivity contribution is 0.907. The highest BCUT2D eigenvalue weighted by atomic mass is 32.2. The van der Waals surface area contributed by atoms with Crippen LogP contribution < -0.4 is 5.73 Å². The van der Waals surface area contributed by atoms with E-state index in [2.05, 4.69) is 37.6 Å². The van der Waals surface area contributed by atoms with Gasteiger partial charge in [0.1, 0.15) is 0 Å². The number of nitrogens with zero attached hydrogens (tertiary/aromatic N) is 1. The molecule has 0 atom stereocenters. The lowest BCUT2D eigenvalue weighted by Crippen LogP contribution is -1.96. The van der Waals surface area contributed by atoms with Crippen molar-refractivity contribution in [3.63, 3.8) is 0 Å². The number of rotatable bonds is 3. The molecule has 2 N–H and O–H groups in total. The Morgan fingerprint density at radius 3 is 2.75 bits per heavy atom. The Morgan fingerprint density at radius 1 is 1.31 bits per heavy atom. The number of hydrogen-bond acceptors (Lipinski definition) is 2. The van der Waals surface area contributed by atoms with Crippen molar-refractivity contribution in [3.05, 3.63) is 30.0 Å². The van der Waals surface area contributed by atoms with Gasteiger partial charge in [-0.3, -0.25) is 0 Å². The molecular weight excluding hydrogens is 216 g/mol. The number of nitrogens with two attached hydrogens (primary N) is 1. The number of fused-ring (bicyclic) bond motifs is 1. The molecule has 1 heterocycles. The van der Waals surface area contributed by atoms with E-state index in [1.165, 1.54) is 16.6 Å². The van der Waals surface area contributed by atoms with Crippen molar-refractivity contribution < 1.29 is 0 Å². The molecule has 0 aliphatic carbocycles. The van der Waals surface area contributed by atoms with Crippen LogP contribution in [0.2, 0.25) is 0 Å². The zero-order valence-electron chi connectivity index (χ0n) is 10.0. The molecule has 2 nitrogen and oxygen atoms in total. The Hall–Kier alpha value is -1.09. The topological polar surface area (TPSA) is 30.9 Å². The van der Waals surface area contributed by atoms with Crippen LogP contribution >= 0.6 is 11.8 Å². The maximum Gasteiger partial charge on any atom is 0.0481 e. The van der Waals surface area contributed by atoms with Crippen molar-refractivity contribution in [1.82, 2.24) is 4.57 Å². The SMILES string of the molecule is CC(C)SCc1cc2cc(N)ccc2n1C. The summed E-state index contributed by atoms with van der Waals surface area (Å²) in [6, 6.07) is 8.33. The normalized spacial score (nSPS) is 11.5. The minimum absolute atomic E-state index is 0.670. The number of benzene rings is 1. The molecule has 16 heavy (non-hydrogen) atoms. The van der Waals surface area contributed by atoms with Gasteiger partial charge in [0.15, 0.2) is 0 Å². The fourth-order valence-corrected chi connectivity index (χ4v) is 2.60. The molecule has 3 heteroatoms. The average Bonchev–Trinajstić information content (AvgIpc) is 2.52. The molecule has 1 aromatic carbocycles. The first kappa shape index (κ1) is 11.4. The van der Waals surface area contributed by atoms with E-state index in [0.29, 0.717) is 5.25 Å². The third-order valence-electron chi connectivity index (χ3n) is 2.73. The molecule has 0 saturated carbocycles. The van der Waals surface area contributed by atoms with E-state index in [4.69, 9.17) is 5.73 Å². The molecule has 0 saturated heterocycles. The highest BCUT2D eigenvalue weighted by Crippen LogP contribution is 2.25. The first-order valence-corrected chi connectivity index (χ1v) is 6.58. The van der Waals surface area contributed by atoms with Crippen molar-refractivity contribution in [2.45, 2.75) is 24.9 Å². The summed E-state index contributed by atoms with van der Waals surface area (Å²) in [6.07, 6.45) is 0. The van der Waals surface area contributed by atoms with Crippen LogP contribution in [0.15, 0.2) is 24.3 Å². The zero-order valence-corrected chi connectivity index (χ0v) is 10.8. The van der Waals surface area contributed by atoms with Crippen LogP contribution in [0.1, 0.15) is 19.5 Å². The number of aryl methyl sites for hydroxylation is 1. The molecular formula is C13H18N2S. The summed E-state index contributed by atoms with van der Waals surface area (Å²) in [5.74, 6) is 1.06. The largest absolute Gasteiger partial charge is 0.399 e. The van der Waals surface area contributed by atoms with Crippen molar-refractivity contribution in [2.75, 3.05) is 5.73 Å². The predicted octanol–water partition coefficient (Wildman–Crippen LogP) is 3.40. The second-order valence-corrected chi connectivity index (χ2v) is 5.94. The van der Waals surface area contributed by atoms with Gasteiger partial charge >= 0.3 is 0 Å². The molecule has 0 bridgehead atoms. The lowest BCUT2D eigenvalue weighted by atomic mass is 10.2. The third-order valence-corrected chi connectivity index (χ3v) is 3.86. The Bertz CT molecular complexity index is 500. The molecule has 86 valence electrons. The number of anilines is 1. The zero-order chi connectivity index (χ0) is 11.7. The van der Waals surface area contributed by atoms with Gasteiger partial charge in [0, 0.05) is 35.1 Å². The predicted molar refractivity (Wildman–Crippen MR) is 73.8 cm³/mol. The monoisotopic (exact) mass is 234 g/mol. The van der Waals surface area contributed by atoms with Gasteiger partial charge in [-0.15, -0.1) is 0 Å². The molecule has 0 aliphatic rings. The Morgan fingerprint density at radius 2 is 2.06 bits per heavy atom. The van der Waals surface area contributed by atoms with Gasteiger partial charge in [0.25, 0.3) is 0 Å². The van der Waals surface area contributed by atoms with Crippen LogP contribution in [0.3, 0.4) is 0 Å². The molecule has 0 fully saturated rings. The third kappa shape index (κ3) is 2.19. The summed E-state index contributed by atoms with van der Waals surface area (Å²) in [6.45, 7) is 4.45. The highest BCUT2D eigenvalue weighted by molar-refractivity contribution is 7.99. The summed E-state index contributed by atoms with van der Waals surface area (Å²) in [4.78, 5) is 0. The second kappa shape index (κ2) is 4.42. The summed E-state index contributed by atoms with van der Waals surface area (Å²) in [7, 11) is 2.12. The molecule has 0 amide bonds. The van der Waals surface area contributed by atoms with Crippen molar-refractivity contribution in [2.24, 2.45) is 7.05 Å². The van der Waals surface area contributed by atoms with Crippen molar-refractivity contribution in [3.8, 4) is 0 Å². The lowest BCUT2D eigenvalue weighted by Gasteiger charge is -2.06. The number of aromatic nitrogens is 1. The fraction of sp³-hybridized carbons (Fsp3) is 0.385. The summed E-state index contributed by atoms with van der Waals surface area (Å²) >= 11 is 1.97. The van der Waals surface area contributed by atoms with Crippen LogP contribution in [0.25, 0.3) is 10.9 Å². The molecule has 0 spiro atoms. The summed E-state index contributed by atoms with van der Waals surface area (Å²) in [5, 5.41) is 1.91. The van der Waals surface area contributed by atoms with E-state index in [0.717, 1.165) is 11.4 Å². The molecule has 0 aliphatic heterocycles. The highest BCUT2D eigenvalue weighted by Gasteiger charge is 2.06. The maximum absolute atomic E-state index is 5.79. The summed E-state index contributed by atoms with van der Waals surface area (Å²) < 4.78 is 2.25. The van der Waals surface area contributed by atoms with Crippen LogP contribution in [-0.2, 0) is 12.8 Å². The van der Waals surface area contributed by atoms with Gasteiger partial charge in [0.2, 0.25) is 0 Å². The van der Waals surface area contributed by atoms with Crippen LogP contribution in [-0.4, -0.2) is 9.82 Å². The van der Waals surface area contributed by atoms with E-state index >= 15 is 0 Å².